The first kappa shape index (κ1) is 8.88. The SMILES string of the molecule is C=C[Si]OCCOCC. The second-order valence-electron chi connectivity index (χ2n) is 1.37. The summed E-state index contributed by atoms with van der Waals surface area (Å²) in [6.07, 6.45) is 0. The third-order valence-corrected chi connectivity index (χ3v) is 1.24. The Labute approximate surface area is 58.8 Å². The van der Waals surface area contributed by atoms with Crippen molar-refractivity contribution in [2.75, 3.05) is 19.8 Å². The Balaban J connectivity index is 2.66. The van der Waals surface area contributed by atoms with Gasteiger partial charge in [0.05, 0.1) is 13.2 Å². The fourth-order valence-corrected chi connectivity index (χ4v) is 0.682. The van der Waals surface area contributed by atoms with Crippen molar-refractivity contribution in [1.82, 2.24) is 0 Å². The average Bonchev–Trinajstić information content (AvgIpc) is 1.89. The number of ether oxygens (including phenoxy) is 1. The van der Waals surface area contributed by atoms with Gasteiger partial charge in [-0.15, -0.1) is 6.58 Å². The summed E-state index contributed by atoms with van der Waals surface area (Å²) in [4.78, 5) is 0. The smallest absolute Gasteiger partial charge is 0.260 e. The summed E-state index contributed by atoms with van der Waals surface area (Å²) in [5.41, 5.74) is 1.76. The second-order valence-corrected chi connectivity index (χ2v) is 2.30. The van der Waals surface area contributed by atoms with Crippen LogP contribution >= 0.6 is 0 Å². The summed E-state index contributed by atoms with van der Waals surface area (Å²) < 4.78 is 10.1. The van der Waals surface area contributed by atoms with E-state index >= 15 is 0 Å². The predicted octanol–water partition coefficient (Wildman–Crippen LogP) is 0.802. The van der Waals surface area contributed by atoms with Crippen molar-refractivity contribution in [3.05, 3.63) is 12.3 Å². The highest BCUT2D eigenvalue weighted by atomic mass is 28.2. The van der Waals surface area contributed by atoms with Crippen LogP contribution in [0.4, 0.5) is 0 Å². The lowest BCUT2D eigenvalue weighted by Crippen LogP contribution is -2.05. The van der Waals surface area contributed by atoms with E-state index in [1.165, 1.54) is 0 Å². The maximum Gasteiger partial charge on any atom is 0.260 e. The van der Waals surface area contributed by atoms with Gasteiger partial charge in [0.15, 0.2) is 0 Å². The lowest BCUT2D eigenvalue weighted by Gasteiger charge is -1.98. The largest absolute Gasteiger partial charge is 0.410 e. The summed E-state index contributed by atoms with van der Waals surface area (Å²) in [6.45, 7) is 7.63. The van der Waals surface area contributed by atoms with Gasteiger partial charge in [0.2, 0.25) is 0 Å². The minimum Gasteiger partial charge on any atom is -0.410 e. The van der Waals surface area contributed by atoms with E-state index in [-0.39, 0.29) is 0 Å². The average molecular weight is 144 g/mol. The van der Waals surface area contributed by atoms with Crippen LogP contribution in [0.15, 0.2) is 12.3 Å². The Hall–Kier alpha value is -0.123. The van der Waals surface area contributed by atoms with Crippen LogP contribution in [0.1, 0.15) is 6.92 Å². The monoisotopic (exact) mass is 144 g/mol. The summed E-state index contributed by atoms with van der Waals surface area (Å²) >= 11 is 0. The molecule has 0 heterocycles. The van der Waals surface area contributed by atoms with Gasteiger partial charge in [-0.25, -0.2) is 0 Å². The van der Waals surface area contributed by atoms with Gasteiger partial charge in [0.1, 0.15) is 0 Å². The van der Waals surface area contributed by atoms with Gasteiger partial charge in [-0.2, -0.15) is 0 Å². The third kappa shape index (κ3) is 7.88. The van der Waals surface area contributed by atoms with Crippen molar-refractivity contribution in [3.63, 3.8) is 0 Å². The van der Waals surface area contributed by atoms with Crippen molar-refractivity contribution in [3.8, 4) is 0 Å². The molecule has 2 radical (unpaired) electrons. The number of rotatable bonds is 6. The van der Waals surface area contributed by atoms with Crippen LogP contribution in [0.25, 0.3) is 0 Å². The Bertz CT molecular complexity index is 66.1. The molecule has 0 aromatic rings. The molecule has 0 fully saturated rings. The molecule has 0 saturated carbocycles. The highest BCUT2D eigenvalue weighted by Crippen LogP contribution is 1.75. The summed E-state index contributed by atoms with van der Waals surface area (Å²) in [5, 5.41) is 0. The van der Waals surface area contributed by atoms with Crippen molar-refractivity contribution in [2.24, 2.45) is 0 Å². The summed E-state index contributed by atoms with van der Waals surface area (Å²) in [5.74, 6) is 0. The van der Waals surface area contributed by atoms with Gasteiger partial charge < -0.3 is 9.16 Å². The molecule has 0 aliphatic heterocycles. The first-order valence-electron chi connectivity index (χ1n) is 2.97. The van der Waals surface area contributed by atoms with E-state index in [1.54, 1.807) is 5.70 Å². The first-order chi connectivity index (χ1) is 4.41. The lowest BCUT2D eigenvalue weighted by molar-refractivity contribution is 0.112. The van der Waals surface area contributed by atoms with E-state index in [4.69, 9.17) is 9.16 Å². The fraction of sp³-hybridized carbons (Fsp3) is 0.667. The molecule has 3 heteroatoms. The number of hydrogen-bond donors (Lipinski definition) is 0. The standard InChI is InChI=1S/C6H12O2Si/c1-3-7-5-6-8-9-4-2/h4H,2-3,5-6H2,1H3. The zero-order valence-electron chi connectivity index (χ0n) is 5.72. The molecule has 0 amide bonds. The molecule has 0 spiro atoms. The van der Waals surface area contributed by atoms with Gasteiger partial charge in [-0.05, 0) is 6.92 Å². The van der Waals surface area contributed by atoms with Crippen molar-refractivity contribution in [1.29, 1.82) is 0 Å². The molecular formula is C6H12O2Si. The molecule has 0 aromatic heterocycles. The molecule has 52 valence electrons. The minimum atomic E-state index is 0.410. The van der Waals surface area contributed by atoms with E-state index in [9.17, 15) is 0 Å². The van der Waals surface area contributed by atoms with Gasteiger partial charge >= 0.3 is 0 Å². The van der Waals surface area contributed by atoms with Gasteiger partial charge in [-0.1, -0.05) is 5.70 Å². The maximum atomic E-state index is 5.07. The van der Waals surface area contributed by atoms with Gasteiger partial charge in [-0.3, -0.25) is 0 Å². The second kappa shape index (κ2) is 7.88. The Morgan fingerprint density at radius 1 is 1.56 bits per heavy atom. The summed E-state index contributed by atoms with van der Waals surface area (Å²) in [7, 11) is 0.410. The molecule has 0 N–H and O–H groups in total. The quantitative estimate of drug-likeness (QED) is 0.405. The topological polar surface area (TPSA) is 18.5 Å². The Morgan fingerprint density at radius 2 is 2.33 bits per heavy atom. The van der Waals surface area contributed by atoms with Crippen LogP contribution in [0.3, 0.4) is 0 Å². The predicted molar refractivity (Wildman–Crippen MR) is 38.4 cm³/mol. The summed E-state index contributed by atoms with van der Waals surface area (Å²) in [6, 6.07) is 0. The zero-order chi connectivity index (χ0) is 6.95. The molecule has 0 aliphatic carbocycles. The number of hydrogen-bond acceptors (Lipinski definition) is 2. The minimum absolute atomic E-state index is 0.410. The van der Waals surface area contributed by atoms with E-state index < -0.39 is 0 Å². The molecule has 0 aromatic carbocycles. The first-order valence-corrected chi connectivity index (χ1v) is 3.96. The Kier molecular flexibility index (Phi) is 7.77. The highest BCUT2D eigenvalue weighted by Gasteiger charge is 1.84. The van der Waals surface area contributed by atoms with E-state index in [1.807, 2.05) is 6.92 Å². The highest BCUT2D eigenvalue weighted by molar-refractivity contribution is 6.33. The lowest BCUT2D eigenvalue weighted by atomic mass is 10.8. The molecule has 0 unspecified atom stereocenters. The molecule has 0 bridgehead atoms. The fourth-order valence-electron chi connectivity index (χ4n) is 0.363. The third-order valence-electron chi connectivity index (χ3n) is 0.701. The molecule has 0 rings (SSSR count). The van der Waals surface area contributed by atoms with E-state index in [0.29, 0.717) is 23.0 Å². The molecule has 0 saturated heterocycles. The van der Waals surface area contributed by atoms with Gasteiger partial charge in [0.25, 0.3) is 9.76 Å². The van der Waals surface area contributed by atoms with E-state index in [2.05, 4.69) is 6.58 Å². The van der Waals surface area contributed by atoms with Crippen LogP contribution in [0.5, 0.6) is 0 Å². The van der Waals surface area contributed by atoms with Crippen molar-refractivity contribution >= 4 is 9.76 Å². The molecule has 0 atom stereocenters. The van der Waals surface area contributed by atoms with Crippen molar-refractivity contribution < 1.29 is 9.16 Å². The normalized spacial score (nSPS) is 9.44. The van der Waals surface area contributed by atoms with Crippen LogP contribution < -0.4 is 0 Å². The molecule has 9 heavy (non-hydrogen) atoms. The molecular weight excluding hydrogens is 132 g/mol. The van der Waals surface area contributed by atoms with Gasteiger partial charge in [0, 0.05) is 6.61 Å². The van der Waals surface area contributed by atoms with Crippen LogP contribution in [-0.4, -0.2) is 29.6 Å². The molecule has 2 nitrogen and oxygen atoms in total. The van der Waals surface area contributed by atoms with Crippen LogP contribution in [-0.2, 0) is 9.16 Å². The van der Waals surface area contributed by atoms with E-state index in [0.717, 1.165) is 6.61 Å². The maximum absolute atomic E-state index is 5.07. The Morgan fingerprint density at radius 3 is 2.89 bits per heavy atom. The molecule has 0 aliphatic rings. The van der Waals surface area contributed by atoms with Crippen LogP contribution in [0, 0.1) is 0 Å². The zero-order valence-corrected chi connectivity index (χ0v) is 6.72. The van der Waals surface area contributed by atoms with Crippen molar-refractivity contribution in [2.45, 2.75) is 6.92 Å². The van der Waals surface area contributed by atoms with Crippen LogP contribution in [0.2, 0.25) is 0 Å².